The molecular weight excluding hydrogens is 192 g/mol. The topological polar surface area (TPSA) is 78.7 Å². The summed E-state index contributed by atoms with van der Waals surface area (Å²) >= 11 is 0. The van der Waals surface area contributed by atoms with Gasteiger partial charge in [0, 0.05) is 5.56 Å². The van der Waals surface area contributed by atoms with Gasteiger partial charge < -0.3 is 10.9 Å². The summed E-state index contributed by atoms with van der Waals surface area (Å²) in [5, 5.41) is 15.3. The van der Waals surface area contributed by atoms with Crippen molar-refractivity contribution < 1.29 is 4.85 Å². The van der Waals surface area contributed by atoms with E-state index >= 15 is 0 Å². The molecule has 3 rings (SSSR count). The number of nitrogens with two attached hydrogens (primary N) is 1. The number of rotatable bonds is 0. The van der Waals surface area contributed by atoms with Crippen LogP contribution in [0.2, 0.25) is 0 Å². The molecule has 0 saturated carbocycles. The summed E-state index contributed by atoms with van der Waals surface area (Å²) in [5.74, 6) is 0.0236. The molecule has 1 aliphatic rings. The lowest BCUT2D eigenvalue weighted by molar-refractivity contribution is -0.641. The largest absolute Gasteiger partial charge is 0.594 e. The fourth-order valence-electron chi connectivity index (χ4n) is 2.23. The quantitative estimate of drug-likeness (QED) is 0.493. The Labute approximate surface area is 86.1 Å². The second kappa shape index (κ2) is 2.79. The lowest BCUT2D eigenvalue weighted by atomic mass is 10.1. The second-order valence-electron chi connectivity index (χ2n) is 3.77. The molecule has 2 N–H and O–H groups in total. The van der Waals surface area contributed by atoms with Crippen LogP contribution in [-0.4, -0.2) is 10.1 Å². The van der Waals surface area contributed by atoms with Gasteiger partial charge in [0.05, 0.1) is 5.10 Å². The first-order chi connectivity index (χ1) is 7.25. The maximum absolute atomic E-state index is 11.6. The van der Waals surface area contributed by atoms with Gasteiger partial charge in [-0.3, -0.25) is 0 Å². The zero-order chi connectivity index (χ0) is 10.4. The summed E-state index contributed by atoms with van der Waals surface area (Å²) < 4.78 is 0. The highest BCUT2D eigenvalue weighted by molar-refractivity contribution is 5.77. The minimum atomic E-state index is 0.0236. The van der Waals surface area contributed by atoms with Gasteiger partial charge in [-0.05, 0) is 35.7 Å². The molecule has 15 heavy (non-hydrogen) atoms. The van der Waals surface area contributed by atoms with E-state index in [0.717, 1.165) is 24.8 Å². The van der Waals surface area contributed by atoms with Crippen LogP contribution < -0.4 is 10.6 Å². The van der Waals surface area contributed by atoms with E-state index < -0.39 is 0 Å². The second-order valence-corrected chi connectivity index (χ2v) is 3.77. The smallest absolute Gasteiger partial charge is 0.288 e. The molecule has 0 saturated heterocycles. The molecule has 0 bridgehead atoms. The van der Waals surface area contributed by atoms with Gasteiger partial charge in [0.15, 0.2) is 0 Å². The monoisotopic (exact) mass is 202 g/mol. The normalized spacial score (nSPS) is 14.4. The van der Waals surface area contributed by atoms with Crippen molar-refractivity contribution in [2.75, 3.05) is 5.73 Å². The summed E-state index contributed by atoms with van der Waals surface area (Å²) in [4.78, 5) is 4.66. The highest BCUT2D eigenvalue weighted by atomic mass is 16.5. The fourth-order valence-corrected chi connectivity index (χ4v) is 2.23. The predicted molar refractivity (Wildman–Crippen MR) is 54.9 cm³/mol. The van der Waals surface area contributed by atoms with E-state index in [-0.39, 0.29) is 5.95 Å². The third-order valence-corrected chi connectivity index (χ3v) is 2.85. The Bertz CT molecular complexity index is 553. The first kappa shape index (κ1) is 8.40. The molecule has 1 aliphatic carbocycles. The third-order valence-electron chi connectivity index (χ3n) is 2.85. The van der Waals surface area contributed by atoms with Crippen LogP contribution in [0.3, 0.4) is 0 Å². The van der Waals surface area contributed by atoms with Crippen LogP contribution >= 0.6 is 0 Å². The van der Waals surface area contributed by atoms with Crippen LogP contribution in [0.25, 0.3) is 11.0 Å². The molecule has 0 atom stereocenters. The predicted octanol–water partition coefficient (Wildman–Crippen LogP) is 0.334. The molecule has 76 valence electrons. The average molecular weight is 202 g/mol. The molecule has 0 fully saturated rings. The molecule has 1 heterocycles. The van der Waals surface area contributed by atoms with Crippen LogP contribution in [-0.2, 0) is 12.8 Å². The standard InChI is InChI=1S/C10H10N4O/c11-10-12-8-5-4-6-2-1-3-7(6)9(8)14(15)13-10/h4-5H,1-3H2,(H2,11,12,13). The first-order valence-corrected chi connectivity index (χ1v) is 4.93. The van der Waals surface area contributed by atoms with Crippen molar-refractivity contribution >= 4 is 17.0 Å². The number of aryl methyl sites for hydroxylation is 2. The summed E-state index contributed by atoms with van der Waals surface area (Å²) in [6, 6.07) is 3.86. The van der Waals surface area contributed by atoms with Crippen molar-refractivity contribution in [1.29, 1.82) is 0 Å². The zero-order valence-corrected chi connectivity index (χ0v) is 8.10. The Morgan fingerprint density at radius 2 is 2.20 bits per heavy atom. The molecule has 1 aromatic heterocycles. The number of hydrogen-bond acceptors (Lipinski definition) is 4. The minimum absolute atomic E-state index is 0.0236. The van der Waals surface area contributed by atoms with E-state index in [0.29, 0.717) is 15.9 Å². The maximum atomic E-state index is 11.6. The van der Waals surface area contributed by atoms with Gasteiger partial charge in [0.2, 0.25) is 0 Å². The van der Waals surface area contributed by atoms with Gasteiger partial charge in [0.25, 0.3) is 11.5 Å². The molecule has 5 heteroatoms. The van der Waals surface area contributed by atoms with Crippen LogP contribution in [0.15, 0.2) is 12.1 Å². The molecule has 1 aromatic carbocycles. The van der Waals surface area contributed by atoms with Gasteiger partial charge in [-0.25, -0.2) is 4.98 Å². The third kappa shape index (κ3) is 1.12. The number of anilines is 1. The summed E-state index contributed by atoms with van der Waals surface area (Å²) in [5.41, 5.74) is 8.97. The zero-order valence-electron chi connectivity index (χ0n) is 8.10. The highest BCUT2D eigenvalue weighted by Gasteiger charge is 2.21. The van der Waals surface area contributed by atoms with E-state index in [2.05, 4.69) is 10.1 Å². The molecule has 0 unspecified atom stereocenters. The molecule has 2 aromatic rings. The van der Waals surface area contributed by atoms with E-state index in [9.17, 15) is 5.21 Å². The highest BCUT2D eigenvalue weighted by Crippen LogP contribution is 2.26. The molecule has 0 spiro atoms. The van der Waals surface area contributed by atoms with Crippen LogP contribution in [0.5, 0.6) is 0 Å². The number of nitrogens with zero attached hydrogens (tertiary/aromatic N) is 3. The average Bonchev–Trinajstić information content (AvgIpc) is 2.63. The molecule has 0 aliphatic heterocycles. The van der Waals surface area contributed by atoms with Crippen molar-refractivity contribution in [1.82, 2.24) is 10.1 Å². The van der Waals surface area contributed by atoms with E-state index in [1.807, 2.05) is 12.1 Å². The van der Waals surface area contributed by atoms with Crippen LogP contribution in [0, 0.1) is 5.21 Å². The van der Waals surface area contributed by atoms with Crippen molar-refractivity contribution in [2.24, 2.45) is 0 Å². The summed E-state index contributed by atoms with van der Waals surface area (Å²) in [6.45, 7) is 0. The lowest BCUT2D eigenvalue weighted by Gasteiger charge is -2.03. The molecule has 5 nitrogen and oxygen atoms in total. The summed E-state index contributed by atoms with van der Waals surface area (Å²) in [6.07, 6.45) is 3.07. The van der Waals surface area contributed by atoms with Gasteiger partial charge in [0.1, 0.15) is 5.52 Å². The lowest BCUT2D eigenvalue weighted by Crippen LogP contribution is -2.34. The van der Waals surface area contributed by atoms with Crippen LogP contribution in [0.4, 0.5) is 5.95 Å². The molecular formula is C10H10N4O. The molecule has 0 amide bonds. The van der Waals surface area contributed by atoms with Crippen molar-refractivity contribution in [3.05, 3.63) is 28.5 Å². The Morgan fingerprint density at radius 3 is 3.07 bits per heavy atom. The first-order valence-electron chi connectivity index (χ1n) is 4.93. The number of fused-ring (bicyclic) bond motifs is 3. The maximum Gasteiger partial charge on any atom is 0.288 e. The Hall–Kier alpha value is -1.91. The minimum Gasteiger partial charge on any atom is -0.594 e. The van der Waals surface area contributed by atoms with Gasteiger partial charge >= 0.3 is 0 Å². The number of nitrogen functional groups attached to an aromatic ring is 1. The van der Waals surface area contributed by atoms with E-state index in [1.165, 1.54) is 5.56 Å². The summed E-state index contributed by atoms with van der Waals surface area (Å²) in [7, 11) is 0. The Morgan fingerprint density at radius 1 is 1.33 bits per heavy atom. The van der Waals surface area contributed by atoms with E-state index in [1.54, 1.807) is 0 Å². The molecule has 0 radical (unpaired) electrons. The van der Waals surface area contributed by atoms with E-state index in [4.69, 9.17) is 5.73 Å². The Balaban J connectivity index is 2.45. The Kier molecular flexibility index (Phi) is 1.56. The van der Waals surface area contributed by atoms with Crippen molar-refractivity contribution in [3.63, 3.8) is 0 Å². The SMILES string of the molecule is Nc1nc2ccc3c(c2[n+]([O-])n1)CCC3. The van der Waals surface area contributed by atoms with Gasteiger partial charge in [-0.15, -0.1) is 0 Å². The van der Waals surface area contributed by atoms with Crippen molar-refractivity contribution in [2.45, 2.75) is 19.3 Å². The van der Waals surface area contributed by atoms with Gasteiger partial charge in [-0.2, -0.15) is 0 Å². The van der Waals surface area contributed by atoms with Crippen molar-refractivity contribution in [3.8, 4) is 0 Å². The number of benzene rings is 1. The van der Waals surface area contributed by atoms with Crippen LogP contribution in [0.1, 0.15) is 17.5 Å². The fraction of sp³-hybridized carbons (Fsp3) is 0.300. The van der Waals surface area contributed by atoms with Gasteiger partial charge in [-0.1, -0.05) is 6.07 Å². The number of hydrogen-bond donors (Lipinski definition) is 1. The number of aromatic nitrogens is 3.